The SMILES string of the molecule is COc1cccc(/C=C/C(=O)N2CCCC2c2nc3ccccc3[nH]2)c1OC(F)F. The smallest absolute Gasteiger partial charge is 0.387 e. The van der Waals surface area contributed by atoms with Crippen LogP contribution in [0.2, 0.25) is 0 Å². The number of likely N-dealkylation sites (tertiary alicyclic amines) is 1. The van der Waals surface area contributed by atoms with Crippen molar-refractivity contribution in [2.45, 2.75) is 25.5 Å². The van der Waals surface area contributed by atoms with Gasteiger partial charge in [0.05, 0.1) is 24.2 Å². The maximum atomic E-state index is 12.9. The van der Waals surface area contributed by atoms with Gasteiger partial charge in [0.2, 0.25) is 5.91 Å². The van der Waals surface area contributed by atoms with Gasteiger partial charge in [0.15, 0.2) is 11.5 Å². The Balaban J connectivity index is 1.56. The van der Waals surface area contributed by atoms with E-state index in [1.807, 2.05) is 24.3 Å². The highest BCUT2D eigenvalue weighted by Gasteiger charge is 2.31. The molecule has 0 radical (unpaired) electrons. The molecular weight excluding hydrogens is 392 g/mol. The second-order valence-electron chi connectivity index (χ2n) is 6.92. The van der Waals surface area contributed by atoms with E-state index in [-0.39, 0.29) is 23.4 Å². The lowest BCUT2D eigenvalue weighted by Gasteiger charge is -2.21. The quantitative estimate of drug-likeness (QED) is 0.602. The van der Waals surface area contributed by atoms with Crippen LogP contribution in [0.4, 0.5) is 8.78 Å². The van der Waals surface area contributed by atoms with E-state index in [1.54, 1.807) is 17.0 Å². The summed E-state index contributed by atoms with van der Waals surface area (Å²) in [5.74, 6) is 0.600. The molecule has 0 bridgehead atoms. The van der Waals surface area contributed by atoms with Gasteiger partial charge < -0.3 is 19.4 Å². The van der Waals surface area contributed by atoms with E-state index < -0.39 is 6.61 Å². The minimum Gasteiger partial charge on any atom is -0.493 e. The fourth-order valence-electron chi connectivity index (χ4n) is 3.74. The van der Waals surface area contributed by atoms with Crippen LogP contribution < -0.4 is 9.47 Å². The van der Waals surface area contributed by atoms with E-state index in [0.717, 1.165) is 29.7 Å². The van der Waals surface area contributed by atoms with E-state index in [9.17, 15) is 13.6 Å². The Bertz CT molecular complexity index is 1050. The van der Waals surface area contributed by atoms with Crippen molar-refractivity contribution in [3.8, 4) is 11.5 Å². The Hall–Kier alpha value is -3.42. The minimum absolute atomic E-state index is 0.102. The van der Waals surface area contributed by atoms with Crippen molar-refractivity contribution in [3.63, 3.8) is 0 Å². The molecule has 8 heteroatoms. The molecule has 0 aliphatic carbocycles. The lowest BCUT2D eigenvalue weighted by atomic mass is 10.1. The van der Waals surface area contributed by atoms with Gasteiger partial charge in [-0.2, -0.15) is 8.78 Å². The zero-order chi connectivity index (χ0) is 21.1. The number of hydrogen-bond acceptors (Lipinski definition) is 4. The molecule has 1 N–H and O–H groups in total. The van der Waals surface area contributed by atoms with Gasteiger partial charge in [-0.3, -0.25) is 4.79 Å². The number of carbonyl (C=O) groups is 1. The van der Waals surface area contributed by atoms with Crippen molar-refractivity contribution in [1.82, 2.24) is 14.9 Å². The van der Waals surface area contributed by atoms with Gasteiger partial charge in [0.25, 0.3) is 0 Å². The molecular formula is C22H21F2N3O3. The third-order valence-electron chi connectivity index (χ3n) is 5.10. The number of alkyl halides is 2. The van der Waals surface area contributed by atoms with Crippen LogP contribution in [-0.2, 0) is 4.79 Å². The molecule has 0 spiro atoms. The number of halogens is 2. The second-order valence-corrected chi connectivity index (χ2v) is 6.92. The van der Waals surface area contributed by atoms with Crippen LogP contribution in [0.5, 0.6) is 11.5 Å². The summed E-state index contributed by atoms with van der Waals surface area (Å²) < 4.78 is 35.3. The number of benzene rings is 2. The first kappa shape index (κ1) is 19.9. The van der Waals surface area contributed by atoms with Gasteiger partial charge in [-0.1, -0.05) is 24.3 Å². The normalized spacial score (nSPS) is 16.7. The number of H-pyrrole nitrogens is 1. The molecule has 1 saturated heterocycles. The molecule has 0 saturated carbocycles. The number of hydrogen-bond donors (Lipinski definition) is 1. The van der Waals surface area contributed by atoms with Gasteiger partial charge in [-0.05, 0) is 37.1 Å². The third-order valence-corrected chi connectivity index (χ3v) is 5.10. The van der Waals surface area contributed by atoms with Crippen LogP contribution >= 0.6 is 0 Å². The van der Waals surface area contributed by atoms with E-state index in [1.165, 1.54) is 25.3 Å². The molecule has 1 unspecified atom stereocenters. The summed E-state index contributed by atoms with van der Waals surface area (Å²) in [4.78, 5) is 22.5. The van der Waals surface area contributed by atoms with Crippen LogP contribution in [0, 0.1) is 0 Å². The van der Waals surface area contributed by atoms with Crippen LogP contribution in [0.3, 0.4) is 0 Å². The number of methoxy groups -OCH3 is 1. The number of aromatic nitrogens is 2. The molecule has 30 heavy (non-hydrogen) atoms. The maximum Gasteiger partial charge on any atom is 0.387 e. The first-order chi connectivity index (χ1) is 14.6. The summed E-state index contributed by atoms with van der Waals surface area (Å²) in [5, 5.41) is 0. The molecule has 1 aliphatic rings. The number of amides is 1. The number of aromatic amines is 1. The Morgan fingerprint density at radius 1 is 1.27 bits per heavy atom. The van der Waals surface area contributed by atoms with Crippen molar-refractivity contribution in [1.29, 1.82) is 0 Å². The largest absolute Gasteiger partial charge is 0.493 e. The fourth-order valence-corrected chi connectivity index (χ4v) is 3.74. The number of nitrogens with zero attached hydrogens (tertiary/aromatic N) is 2. The minimum atomic E-state index is -3.00. The number of para-hydroxylation sites is 3. The first-order valence-electron chi connectivity index (χ1n) is 9.62. The highest BCUT2D eigenvalue weighted by atomic mass is 19.3. The van der Waals surface area contributed by atoms with Crippen molar-refractivity contribution >= 4 is 23.0 Å². The average Bonchev–Trinajstić information content (AvgIpc) is 3.39. The topological polar surface area (TPSA) is 67.5 Å². The Kier molecular flexibility index (Phi) is 5.65. The summed E-state index contributed by atoms with van der Waals surface area (Å²) in [6, 6.07) is 12.3. The number of rotatable bonds is 6. The van der Waals surface area contributed by atoms with Crippen molar-refractivity contribution < 1.29 is 23.0 Å². The zero-order valence-electron chi connectivity index (χ0n) is 16.3. The van der Waals surface area contributed by atoms with Crippen LogP contribution in [-0.4, -0.2) is 41.0 Å². The molecule has 1 aliphatic heterocycles. The molecule has 2 aromatic carbocycles. The number of ether oxygens (including phenoxy) is 2. The third kappa shape index (κ3) is 3.98. The van der Waals surface area contributed by atoms with Crippen LogP contribution in [0.1, 0.15) is 30.3 Å². The number of imidazole rings is 1. The predicted molar refractivity (Wildman–Crippen MR) is 108 cm³/mol. The van der Waals surface area contributed by atoms with Crippen LogP contribution in [0.15, 0.2) is 48.5 Å². The van der Waals surface area contributed by atoms with Crippen molar-refractivity contribution in [2.24, 2.45) is 0 Å². The molecule has 6 nitrogen and oxygen atoms in total. The van der Waals surface area contributed by atoms with E-state index in [0.29, 0.717) is 12.1 Å². The fraction of sp³-hybridized carbons (Fsp3) is 0.273. The van der Waals surface area contributed by atoms with E-state index >= 15 is 0 Å². The number of nitrogens with one attached hydrogen (secondary N) is 1. The number of fused-ring (bicyclic) bond motifs is 1. The van der Waals surface area contributed by atoms with Crippen LogP contribution in [0.25, 0.3) is 17.1 Å². The van der Waals surface area contributed by atoms with Gasteiger partial charge in [0.1, 0.15) is 5.82 Å². The standard InChI is InChI=1S/C22H21F2N3O3/c1-29-18-10-4-6-14(20(18)30-22(23)24)11-12-19(28)27-13-5-9-17(27)21-25-15-7-2-3-8-16(15)26-21/h2-4,6-8,10-12,17,22H,5,9,13H2,1H3,(H,25,26)/b12-11+. The summed E-state index contributed by atoms with van der Waals surface area (Å²) in [5.41, 5.74) is 2.11. The van der Waals surface area contributed by atoms with Crippen molar-refractivity contribution in [2.75, 3.05) is 13.7 Å². The lowest BCUT2D eigenvalue weighted by Crippen LogP contribution is -2.29. The second kappa shape index (κ2) is 8.52. The summed E-state index contributed by atoms with van der Waals surface area (Å²) in [6.45, 7) is -2.40. The molecule has 3 aromatic rings. The molecule has 1 aromatic heterocycles. The first-order valence-corrected chi connectivity index (χ1v) is 9.62. The lowest BCUT2D eigenvalue weighted by molar-refractivity contribution is -0.127. The molecule has 1 amide bonds. The van der Waals surface area contributed by atoms with Gasteiger partial charge in [-0.25, -0.2) is 4.98 Å². The monoisotopic (exact) mass is 413 g/mol. The summed E-state index contributed by atoms with van der Waals surface area (Å²) in [7, 11) is 1.37. The highest BCUT2D eigenvalue weighted by Crippen LogP contribution is 2.34. The predicted octanol–water partition coefficient (Wildman–Crippen LogP) is 4.55. The highest BCUT2D eigenvalue weighted by molar-refractivity contribution is 5.93. The Labute approximate surface area is 172 Å². The average molecular weight is 413 g/mol. The molecule has 1 atom stereocenters. The molecule has 4 rings (SSSR count). The van der Waals surface area contributed by atoms with E-state index in [4.69, 9.17) is 4.74 Å². The van der Waals surface area contributed by atoms with Gasteiger partial charge in [0, 0.05) is 18.2 Å². The molecule has 2 heterocycles. The summed E-state index contributed by atoms with van der Waals surface area (Å²) >= 11 is 0. The molecule has 1 fully saturated rings. The molecule has 156 valence electrons. The van der Waals surface area contributed by atoms with Gasteiger partial charge >= 0.3 is 6.61 Å². The Morgan fingerprint density at radius 2 is 2.10 bits per heavy atom. The van der Waals surface area contributed by atoms with Crippen molar-refractivity contribution in [3.05, 3.63) is 59.9 Å². The zero-order valence-corrected chi connectivity index (χ0v) is 16.3. The Morgan fingerprint density at radius 3 is 2.87 bits per heavy atom. The maximum absolute atomic E-state index is 12.9. The number of carbonyl (C=O) groups excluding carboxylic acids is 1. The van der Waals surface area contributed by atoms with E-state index in [2.05, 4.69) is 14.7 Å². The summed E-state index contributed by atoms with van der Waals surface area (Å²) in [6.07, 6.45) is 4.50. The van der Waals surface area contributed by atoms with Gasteiger partial charge in [-0.15, -0.1) is 0 Å².